The number of ether oxygens (including phenoxy) is 2. The molecule has 0 bridgehead atoms. The number of carbonyl (C=O) groups is 1. The molecule has 0 saturated carbocycles. The number of aromatic amines is 1. The fraction of sp³-hybridized carbons (Fsp3) is 0.211. The lowest BCUT2D eigenvalue weighted by atomic mass is 10.1. The summed E-state index contributed by atoms with van der Waals surface area (Å²) in [6, 6.07) is 12.7. The fourth-order valence-corrected chi connectivity index (χ4v) is 2.67. The molecule has 0 aliphatic carbocycles. The van der Waals surface area contributed by atoms with Crippen molar-refractivity contribution in [2.75, 3.05) is 7.11 Å². The molecule has 0 saturated heterocycles. The molecule has 0 fully saturated rings. The number of nitrogens with one attached hydrogen (secondary N) is 1. The monoisotopic (exact) mass is 338 g/mol. The molecule has 25 heavy (non-hydrogen) atoms. The number of rotatable bonds is 5. The molecular weight excluding hydrogens is 320 g/mol. The van der Waals surface area contributed by atoms with Crippen LogP contribution in [0.2, 0.25) is 0 Å². The maximum Gasteiger partial charge on any atom is 0.312 e. The highest BCUT2D eigenvalue weighted by molar-refractivity contribution is 5.86. The highest BCUT2D eigenvalue weighted by Gasteiger charge is 2.13. The van der Waals surface area contributed by atoms with Crippen LogP contribution in [0.15, 0.2) is 47.3 Å². The summed E-state index contributed by atoms with van der Waals surface area (Å²) in [5.74, 6) is 0.249. The largest absolute Gasteiger partial charge is 0.496 e. The third-order valence-electron chi connectivity index (χ3n) is 3.91. The summed E-state index contributed by atoms with van der Waals surface area (Å²) in [4.78, 5) is 24.0. The van der Waals surface area contributed by atoms with Gasteiger partial charge in [-0.3, -0.25) is 9.59 Å². The average molecular weight is 338 g/mol. The van der Waals surface area contributed by atoms with Gasteiger partial charge in [-0.2, -0.15) is 5.10 Å². The Morgan fingerprint density at radius 2 is 1.92 bits per heavy atom. The van der Waals surface area contributed by atoms with Crippen LogP contribution in [-0.2, 0) is 22.6 Å². The molecule has 2 aromatic carbocycles. The van der Waals surface area contributed by atoms with Gasteiger partial charge < -0.3 is 9.47 Å². The van der Waals surface area contributed by atoms with Crippen molar-refractivity contribution in [3.8, 4) is 5.75 Å². The lowest BCUT2D eigenvalue weighted by molar-refractivity contribution is -0.144. The minimum atomic E-state index is -0.423. The maximum absolute atomic E-state index is 12.2. The van der Waals surface area contributed by atoms with Crippen LogP contribution in [0.3, 0.4) is 0 Å². The van der Waals surface area contributed by atoms with Gasteiger partial charge in [0.15, 0.2) is 0 Å². The van der Waals surface area contributed by atoms with Crippen molar-refractivity contribution < 1.29 is 14.3 Å². The Kier molecular flexibility index (Phi) is 4.79. The highest BCUT2D eigenvalue weighted by Crippen LogP contribution is 2.21. The van der Waals surface area contributed by atoms with E-state index in [9.17, 15) is 9.59 Å². The van der Waals surface area contributed by atoms with Crippen LogP contribution in [-0.4, -0.2) is 23.3 Å². The Hall–Kier alpha value is -3.15. The number of fused-ring (bicyclic) bond motifs is 1. The quantitative estimate of drug-likeness (QED) is 0.723. The molecule has 0 radical (unpaired) electrons. The van der Waals surface area contributed by atoms with Gasteiger partial charge in [-0.1, -0.05) is 29.8 Å². The lowest BCUT2D eigenvalue weighted by Crippen LogP contribution is -2.15. The van der Waals surface area contributed by atoms with Crippen LogP contribution < -0.4 is 10.3 Å². The van der Waals surface area contributed by atoms with Gasteiger partial charge in [0.25, 0.3) is 5.56 Å². The standard InChI is InChI=1S/C19H18N2O4/c1-12-7-8-17(24-2)13(9-12)11-25-18(22)10-16-14-5-3-4-6-15(14)19(23)21-20-16/h3-9H,10-11H2,1-2H3,(H,21,23). The molecule has 3 aromatic rings. The number of hydrogen-bond acceptors (Lipinski definition) is 5. The van der Waals surface area contributed by atoms with E-state index in [0.717, 1.165) is 11.1 Å². The molecule has 3 rings (SSSR count). The van der Waals surface area contributed by atoms with Gasteiger partial charge in [0, 0.05) is 10.9 Å². The highest BCUT2D eigenvalue weighted by atomic mass is 16.5. The van der Waals surface area contributed by atoms with Crippen molar-refractivity contribution in [3.05, 3.63) is 69.6 Å². The maximum atomic E-state index is 12.2. The van der Waals surface area contributed by atoms with E-state index in [4.69, 9.17) is 9.47 Å². The second-order valence-corrected chi connectivity index (χ2v) is 5.70. The number of nitrogens with zero attached hydrogens (tertiary/aromatic N) is 1. The van der Waals surface area contributed by atoms with Crippen LogP contribution in [0.25, 0.3) is 10.8 Å². The number of aromatic nitrogens is 2. The molecule has 1 aromatic heterocycles. The summed E-state index contributed by atoms with van der Waals surface area (Å²) in [6.07, 6.45) is -0.0224. The predicted molar refractivity (Wildman–Crippen MR) is 93.6 cm³/mol. The van der Waals surface area contributed by atoms with Gasteiger partial charge in [-0.05, 0) is 25.1 Å². The second-order valence-electron chi connectivity index (χ2n) is 5.70. The van der Waals surface area contributed by atoms with Crippen molar-refractivity contribution >= 4 is 16.7 Å². The molecule has 0 atom stereocenters. The molecule has 0 amide bonds. The Bertz CT molecular complexity index is 979. The molecule has 6 nitrogen and oxygen atoms in total. The van der Waals surface area contributed by atoms with Crippen LogP contribution in [0, 0.1) is 6.92 Å². The number of hydrogen-bond donors (Lipinski definition) is 1. The molecule has 1 N–H and O–H groups in total. The van der Waals surface area contributed by atoms with E-state index in [1.807, 2.05) is 25.1 Å². The topological polar surface area (TPSA) is 81.3 Å². The fourth-order valence-electron chi connectivity index (χ4n) is 2.67. The van der Waals surface area contributed by atoms with Gasteiger partial charge in [-0.25, -0.2) is 5.10 Å². The summed E-state index contributed by atoms with van der Waals surface area (Å²) >= 11 is 0. The molecule has 0 aliphatic heterocycles. The van der Waals surface area contributed by atoms with Gasteiger partial charge >= 0.3 is 5.97 Å². The van der Waals surface area contributed by atoms with Gasteiger partial charge in [0.1, 0.15) is 12.4 Å². The van der Waals surface area contributed by atoms with Crippen molar-refractivity contribution in [3.63, 3.8) is 0 Å². The minimum absolute atomic E-state index is 0.0224. The lowest BCUT2D eigenvalue weighted by Gasteiger charge is -2.10. The van der Waals surface area contributed by atoms with E-state index in [0.29, 0.717) is 22.2 Å². The zero-order valence-corrected chi connectivity index (χ0v) is 14.0. The zero-order valence-electron chi connectivity index (χ0n) is 14.0. The Morgan fingerprint density at radius 3 is 2.68 bits per heavy atom. The third kappa shape index (κ3) is 3.68. The van der Waals surface area contributed by atoms with Crippen molar-refractivity contribution in [2.24, 2.45) is 0 Å². The summed E-state index contributed by atoms with van der Waals surface area (Å²) in [6.45, 7) is 2.08. The number of benzene rings is 2. The van der Waals surface area contributed by atoms with Crippen molar-refractivity contribution in [2.45, 2.75) is 20.0 Å². The van der Waals surface area contributed by atoms with E-state index in [-0.39, 0.29) is 18.6 Å². The minimum Gasteiger partial charge on any atom is -0.496 e. The summed E-state index contributed by atoms with van der Waals surface area (Å²) in [5, 5.41) is 7.55. The average Bonchev–Trinajstić information content (AvgIpc) is 2.63. The first kappa shape index (κ1) is 16.7. The first-order chi connectivity index (χ1) is 12.1. The zero-order chi connectivity index (χ0) is 17.8. The summed E-state index contributed by atoms with van der Waals surface area (Å²) < 4.78 is 10.6. The Labute approximate surface area is 144 Å². The molecule has 0 unspecified atom stereocenters. The van der Waals surface area contributed by atoms with Gasteiger partial charge in [0.05, 0.1) is 24.6 Å². The van der Waals surface area contributed by atoms with E-state index in [1.165, 1.54) is 0 Å². The first-order valence-corrected chi connectivity index (χ1v) is 7.84. The third-order valence-corrected chi connectivity index (χ3v) is 3.91. The molecule has 1 heterocycles. The van der Waals surface area contributed by atoms with Crippen LogP contribution in [0.1, 0.15) is 16.8 Å². The first-order valence-electron chi connectivity index (χ1n) is 7.84. The van der Waals surface area contributed by atoms with Gasteiger partial charge in [0.2, 0.25) is 0 Å². The molecule has 0 aliphatic rings. The number of methoxy groups -OCH3 is 1. The van der Waals surface area contributed by atoms with Crippen molar-refractivity contribution in [1.29, 1.82) is 0 Å². The molecule has 6 heteroatoms. The Balaban J connectivity index is 1.75. The van der Waals surface area contributed by atoms with Gasteiger partial charge in [-0.15, -0.1) is 0 Å². The number of aryl methyl sites for hydroxylation is 1. The molecule has 0 spiro atoms. The molecular formula is C19H18N2O4. The normalized spacial score (nSPS) is 10.6. The molecule has 128 valence electrons. The van der Waals surface area contributed by atoms with E-state index >= 15 is 0 Å². The predicted octanol–water partition coefficient (Wildman–Crippen LogP) is 2.53. The van der Waals surface area contributed by atoms with E-state index < -0.39 is 5.97 Å². The second kappa shape index (κ2) is 7.17. The smallest absolute Gasteiger partial charge is 0.312 e. The number of carbonyl (C=O) groups excluding carboxylic acids is 1. The number of H-pyrrole nitrogens is 1. The summed E-state index contributed by atoms with van der Waals surface area (Å²) in [7, 11) is 1.58. The van der Waals surface area contributed by atoms with E-state index in [2.05, 4.69) is 10.2 Å². The van der Waals surface area contributed by atoms with Crippen molar-refractivity contribution in [1.82, 2.24) is 10.2 Å². The Morgan fingerprint density at radius 1 is 1.16 bits per heavy atom. The van der Waals surface area contributed by atoms with Crippen LogP contribution >= 0.6 is 0 Å². The number of esters is 1. The van der Waals surface area contributed by atoms with Crippen LogP contribution in [0.4, 0.5) is 0 Å². The van der Waals surface area contributed by atoms with Crippen LogP contribution in [0.5, 0.6) is 5.75 Å². The summed E-state index contributed by atoms with van der Waals surface area (Å²) in [5.41, 5.74) is 2.06. The van der Waals surface area contributed by atoms with E-state index in [1.54, 1.807) is 31.4 Å². The SMILES string of the molecule is COc1ccc(C)cc1COC(=O)Cc1n[nH]c(=O)c2ccccc12.